The first kappa shape index (κ1) is 16.7. The number of halogens is 1. The van der Waals surface area contributed by atoms with Gasteiger partial charge in [0.2, 0.25) is 0 Å². The molecule has 8 nitrogen and oxygen atoms in total. The third kappa shape index (κ3) is 2.67. The number of sulfonamides is 1. The Labute approximate surface area is 131 Å². The Morgan fingerprint density at radius 1 is 1.50 bits per heavy atom. The summed E-state index contributed by atoms with van der Waals surface area (Å²) in [5.41, 5.74) is -1.85. The van der Waals surface area contributed by atoms with E-state index in [0.717, 1.165) is 10.4 Å². The molecule has 0 aliphatic carbocycles. The second-order valence-electron chi connectivity index (χ2n) is 5.30. The van der Waals surface area contributed by atoms with E-state index in [1.807, 2.05) is 0 Å². The highest BCUT2D eigenvalue weighted by molar-refractivity contribution is 7.89. The molecule has 0 amide bonds. The van der Waals surface area contributed by atoms with Crippen molar-refractivity contribution in [2.75, 3.05) is 13.1 Å². The SMILES string of the molecule is CC1(C(=O)O)CCN(S(=O)(=O)c2c(Cl)cccc2[N+](=O)[O-])C1. The molecule has 1 fully saturated rings. The summed E-state index contributed by atoms with van der Waals surface area (Å²) in [7, 11) is -4.25. The molecule has 0 bridgehead atoms. The molecule has 1 N–H and O–H groups in total. The largest absolute Gasteiger partial charge is 0.481 e. The van der Waals surface area contributed by atoms with Crippen LogP contribution in [0.2, 0.25) is 5.02 Å². The van der Waals surface area contributed by atoms with Crippen LogP contribution in [0.5, 0.6) is 0 Å². The second-order valence-corrected chi connectivity index (χ2v) is 7.58. The molecule has 0 saturated carbocycles. The summed E-state index contributed by atoms with van der Waals surface area (Å²) in [5, 5.41) is 19.9. The first-order chi connectivity index (χ1) is 10.1. The van der Waals surface area contributed by atoms with Crippen molar-refractivity contribution in [2.24, 2.45) is 5.41 Å². The minimum absolute atomic E-state index is 0.0342. The van der Waals surface area contributed by atoms with Gasteiger partial charge in [0.05, 0.1) is 15.4 Å². The molecule has 1 atom stereocenters. The molecule has 1 aromatic carbocycles. The van der Waals surface area contributed by atoms with Gasteiger partial charge >= 0.3 is 5.97 Å². The van der Waals surface area contributed by atoms with Crippen LogP contribution in [-0.2, 0) is 14.8 Å². The van der Waals surface area contributed by atoms with Gasteiger partial charge in [0.25, 0.3) is 15.7 Å². The van der Waals surface area contributed by atoms with Crippen molar-refractivity contribution in [1.82, 2.24) is 4.31 Å². The lowest BCUT2D eigenvalue weighted by atomic mass is 9.90. The van der Waals surface area contributed by atoms with Crippen molar-refractivity contribution in [1.29, 1.82) is 0 Å². The van der Waals surface area contributed by atoms with Gasteiger partial charge < -0.3 is 5.11 Å². The van der Waals surface area contributed by atoms with E-state index in [1.54, 1.807) is 0 Å². The average Bonchev–Trinajstić information content (AvgIpc) is 2.83. The molecule has 1 heterocycles. The van der Waals surface area contributed by atoms with Crippen molar-refractivity contribution in [3.8, 4) is 0 Å². The van der Waals surface area contributed by atoms with Gasteiger partial charge in [-0.2, -0.15) is 4.31 Å². The number of carboxylic acid groups (broad SMARTS) is 1. The summed E-state index contributed by atoms with van der Waals surface area (Å²) < 4.78 is 26.2. The van der Waals surface area contributed by atoms with Crippen LogP contribution >= 0.6 is 11.6 Å². The minimum atomic E-state index is -4.25. The van der Waals surface area contributed by atoms with Gasteiger partial charge in [0, 0.05) is 19.2 Å². The monoisotopic (exact) mass is 348 g/mol. The quantitative estimate of drug-likeness (QED) is 0.654. The maximum atomic E-state index is 12.6. The molecule has 1 unspecified atom stereocenters. The average molecular weight is 349 g/mol. The Kier molecular flexibility index (Phi) is 4.16. The molecule has 1 aromatic rings. The van der Waals surface area contributed by atoms with Gasteiger partial charge in [0.15, 0.2) is 4.90 Å². The van der Waals surface area contributed by atoms with Crippen LogP contribution in [0.25, 0.3) is 0 Å². The van der Waals surface area contributed by atoms with Crippen LogP contribution in [0.3, 0.4) is 0 Å². The van der Waals surface area contributed by atoms with Gasteiger partial charge in [-0.15, -0.1) is 0 Å². The van der Waals surface area contributed by atoms with E-state index in [0.29, 0.717) is 0 Å². The zero-order chi connectivity index (χ0) is 16.7. The first-order valence-corrected chi connectivity index (χ1v) is 8.08. The number of hydrogen-bond acceptors (Lipinski definition) is 5. The molecule has 0 radical (unpaired) electrons. The van der Waals surface area contributed by atoms with Crippen LogP contribution in [-0.4, -0.2) is 41.8 Å². The van der Waals surface area contributed by atoms with Gasteiger partial charge in [-0.25, -0.2) is 8.42 Å². The molecule has 120 valence electrons. The number of nitro groups is 1. The summed E-state index contributed by atoms with van der Waals surface area (Å²) in [6.45, 7) is 1.15. The third-order valence-corrected chi connectivity index (χ3v) is 6.06. The van der Waals surface area contributed by atoms with Crippen LogP contribution < -0.4 is 0 Å². The highest BCUT2D eigenvalue weighted by atomic mass is 35.5. The summed E-state index contributed by atoms with van der Waals surface area (Å²) in [6, 6.07) is 3.57. The lowest BCUT2D eigenvalue weighted by Gasteiger charge is -2.20. The van der Waals surface area contributed by atoms with E-state index in [9.17, 15) is 23.3 Å². The Morgan fingerprint density at radius 3 is 2.64 bits per heavy atom. The van der Waals surface area contributed by atoms with Crippen molar-refractivity contribution in [3.05, 3.63) is 33.3 Å². The summed E-state index contributed by atoms with van der Waals surface area (Å²) in [4.78, 5) is 20.8. The molecule has 10 heteroatoms. The zero-order valence-electron chi connectivity index (χ0n) is 11.5. The number of carboxylic acids is 1. The molecule has 22 heavy (non-hydrogen) atoms. The minimum Gasteiger partial charge on any atom is -0.481 e. The number of aliphatic carboxylic acids is 1. The van der Waals surface area contributed by atoms with Crippen molar-refractivity contribution in [2.45, 2.75) is 18.2 Å². The van der Waals surface area contributed by atoms with E-state index >= 15 is 0 Å². The van der Waals surface area contributed by atoms with Gasteiger partial charge in [-0.3, -0.25) is 14.9 Å². The fourth-order valence-electron chi connectivity index (χ4n) is 2.32. The van der Waals surface area contributed by atoms with E-state index in [1.165, 1.54) is 19.1 Å². The maximum absolute atomic E-state index is 12.6. The Balaban J connectivity index is 2.50. The number of carbonyl (C=O) groups is 1. The molecule has 1 aliphatic rings. The zero-order valence-corrected chi connectivity index (χ0v) is 13.1. The van der Waals surface area contributed by atoms with Crippen molar-refractivity contribution in [3.63, 3.8) is 0 Å². The summed E-state index contributed by atoms with van der Waals surface area (Å²) >= 11 is 5.84. The van der Waals surface area contributed by atoms with Crippen LogP contribution in [0.1, 0.15) is 13.3 Å². The molecule has 1 saturated heterocycles. The highest BCUT2D eigenvalue weighted by Gasteiger charge is 2.46. The lowest BCUT2D eigenvalue weighted by Crippen LogP contribution is -2.35. The number of hydrogen-bond donors (Lipinski definition) is 1. The molecule has 0 spiro atoms. The number of rotatable bonds is 4. The fraction of sp³-hybridized carbons (Fsp3) is 0.417. The predicted octanol–water partition coefficient (Wildman–Crippen LogP) is 1.73. The molecule has 2 rings (SSSR count). The topological polar surface area (TPSA) is 118 Å². The van der Waals surface area contributed by atoms with E-state index in [4.69, 9.17) is 16.7 Å². The standard InChI is InChI=1S/C12H13ClN2O6S/c1-12(11(16)17)5-6-14(7-12)22(20,21)10-8(13)3-2-4-9(10)15(18)19/h2-4H,5-7H2,1H3,(H,16,17). The summed E-state index contributed by atoms with van der Waals surface area (Å²) in [5.74, 6) is -1.11. The number of benzene rings is 1. The number of nitro benzene ring substituents is 1. The van der Waals surface area contributed by atoms with Gasteiger partial charge in [0.1, 0.15) is 0 Å². The predicted molar refractivity (Wildman–Crippen MR) is 77.2 cm³/mol. The summed E-state index contributed by atoms with van der Waals surface area (Å²) in [6.07, 6.45) is 0.125. The fourth-order valence-corrected chi connectivity index (χ4v) is 4.55. The second kappa shape index (κ2) is 5.49. The van der Waals surface area contributed by atoms with Crippen molar-refractivity contribution < 1.29 is 23.2 Å². The smallest absolute Gasteiger partial charge is 0.310 e. The molecular formula is C12H13ClN2O6S. The van der Waals surface area contributed by atoms with E-state index in [-0.39, 0.29) is 24.5 Å². The van der Waals surface area contributed by atoms with Gasteiger partial charge in [-0.05, 0) is 19.4 Å². The Morgan fingerprint density at radius 2 is 2.14 bits per heavy atom. The number of nitrogens with zero attached hydrogens (tertiary/aromatic N) is 2. The highest BCUT2D eigenvalue weighted by Crippen LogP contribution is 2.38. The van der Waals surface area contributed by atoms with E-state index in [2.05, 4.69) is 0 Å². The first-order valence-electron chi connectivity index (χ1n) is 6.26. The van der Waals surface area contributed by atoms with Crippen LogP contribution in [0, 0.1) is 15.5 Å². The van der Waals surface area contributed by atoms with E-state index < -0.39 is 36.9 Å². The van der Waals surface area contributed by atoms with Crippen molar-refractivity contribution >= 4 is 33.3 Å². The Bertz CT molecular complexity index is 750. The lowest BCUT2D eigenvalue weighted by molar-refractivity contribution is -0.387. The third-order valence-electron chi connectivity index (χ3n) is 3.70. The molecule has 1 aliphatic heterocycles. The maximum Gasteiger partial charge on any atom is 0.310 e. The van der Waals surface area contributed by atoms with Crippen LogP contribution in [0.4, 0.5) is 5.69 Å². The molecular weight excluding hydrogens is 336 g/mol. The Hall–Kier alpha value is -1.71. The van der Waals surface area contributed by atoms with Crippen LogP contribution in [0.15, 0.2) is 23.1 Å². The normalized spacial score (nSPS) is 22.6. The molecule has 0 aromatic heterocycles. The van der Waals surface area contributed by atoms with Gasteiger partial charge in [-0.1, -0.05) is 17.7 Å².